The molecule has 2 aromatic heterocycles. The molecule has 0 fully saturated rings. The molecule has 2 aromatic rings. The third-order valence-corrected chi connectivity index (χ3v) is 4.48. The van der Waals surface area contributed by atoms with Gasteiger partial charge >= 0.3 is 6.09 Å². The summed E-state index contributed by atoms with van der Waals surface area (Å²) < 4.78 is 37.7. The first-order chi connectivity index (χ1) is 9.34. The summed E-state index contributed by atoms with van der Waals surface area (Å²) >= 11 is 1.04. The Hall–Kier alpha value is -2.07. The number of sulfonamides is 1. The van der Waals surface area contributed by atoms with E-state index in [1.165, 1.54) is 17.8 Å². The van der Waals surface area contributed by atoms with Gasteiger partial charge in [0.2, 0.25) is 0 Å². The standard InChI is InChI=1S/C10H8FN3O4S2/c1-6-2-9(12-3-7(6)11)20(17,18)14(10(15)16)8-4-19-5-13-8/h2-5H,1H3,(H,15,16). The van der Waals surface area contributed by atoms with E-state index in [4.69, 9.17) is 5.11 Å². The Balaban J connectivity index is 2.57. The molecule has 7 nitrogen and oxygen atoms in total. The van der Waals surface area contributed by atoms with E-state index in [0.717, 1.165) is 23.6 Å². The van der Waals surface area contributed by atoms with Crippen LogP contribution in [-0.4, -0.2) is 29.6 Å². The summed E-state index contributed by atoms with van der Waals surface area (Å²) in [6.45, 7) is 1.35. The van der Waals surface area contributed by atoms with E-state index >= 15 is 0 Å². The summed E-state index contributed by atoms with van der Waals surface area (Å²) in [5.74, 6) is -0.939. The summed E-state index contributed by atoms with van der Waals surface area (Å²) in [6, 6.07) is 0.965. The van der Waals surface area contributed by atoms with Gasteiger partial charge in [-0.05, 0) is 18.6 Å². The first kappa shape index (κ1) is 14.3. The number of pyridine rings is 1. The molecular formula is C10H8FN3O4S2. The highest BCUT2D eigenvalue weighted by Gasteiger charge is 2.33. The number of hydrogen-bond acceptors (Lipinski definition) is 6. The second-order valence-corrected chi connectivity index (χ2v) is 6.12. The van der Waals surface area contributed by atoms with Crippen LogP contribution in [0.1, 0.15) is 5.56 Å². The van der Waals surface area contributed by atoms with E-state index in [1.807, 2.05) is 0 Å². The second-order valence-electron chi connectivity index (χ2n) is 3.67. The maximum Gasteiger partial charge on any atom is 0.427 e. The molecule has 106 valence electrons. The summed E-state index contributed by atoms with van der Waals surface area (Å²) in [6.07, 6.45) is -0.997. The van der Waals surface area contributed by atoms with Gasteiger partial charge in [-0.15, -0.1) is 15.6 Å². The van der Waals surface area contributed by atoms with Crippen molar-refractivity contribution in [3.8, 4) is 0 Å². The molecule has 1 N–H and O–H groups in total. The normalized spacial score (nSPS) is 11.3. The smallest absolute Gasteiger partial charge is 0.427 e. The van der Waals surface area contributed by atoms with Crippen LogP contribution in [0.3, 0.4) is 0 Å². The van der Waals surface area contributed by atoms with Gasteiger partial charge in [-0.3, -0.25) is 0 Å². The first-order valence-corrected chi connectivity index (χ1v) is 7.51. The van der Waals surface area contributed by atoms with E-state index in [1.54, 1.807) is 0 Å². The fourth-order valence-corrected chi connectivity index (χ4v) is 3.21. The van der Waals surface area contributed by atoms with Gasteiger partial charge in [-0.2, -0.15) is 8.42 Å². The Labute approximate surface area is 117 Å². The molecule has 2 rings (SSSR count). The Morgan fingerprint density at radius 1 is 1.45 bits per heavy atom. The summed E-state index contributed by atoms with van der Waals surface area (Å²) in [4.78, 5) is 18.3. The molecule has 0 radical (unpaired) electrons. The van der Waals surface area contributed by atoms with Crippen molar-refractivity contribution in [2.45, 2.75) is 11.9 Å². The van der Waals surface area contributed by atoms with Gasteiger partial charge in [-0.1, -0.05) is 0 Å². The molecule has 0 spiro atoms. The molecule has 20 heavy (non-hydrogen) atoms. The van der Waals surface area contributed by atoms with Crippen LogP contribution in [0.2, 0.25) is 0 Å². The largest absolute Gasteiger partial charge is 0.464 e. The highest BCUT2D eigenvalue weighted by Crippen LogP contribution is 2.23. The van der Waals surface area contributed by atoms with Crippen LogP contribution in [0.15, 0.2) is 28.2 Å². The molecule has 0 bridgehead atoms. The number of halogens is 1. The third kappa shape index (κ3) is 2.47. The Kier molecular flexibility index (Phi) is 3.68. The summed E-state index contributed by atoms with van der Waals surface area (Å²) in [5, 5.41) is 9.78. The molecule has 0 atom stereocenters. The predicted molar refractivity (Wildman–Crippen MR) is 68.7 cm³/mol. The number of hydrogen-bond donors (Lipinski definition) is 1. The molecule has 2 heterocycles. The lowest BCUT2D eigenvalue weighted by Gasteiger charge is -2.16. The minimum atomic E-state index is -4.46. The van der Waals surface area contributed by atoms with Gasteiger partial charge in [0.15, 0.2) is 10.8 Å². The number of aryl methyl sites for hydroxylation is 1. The fraction of sp³-hybridized carbons (Fsp3) is 0.100. The number of carbonyl (C=O) groups is 1. The van der Waals surface area contributed by atoms with E-state index in [0.29, 0.717) is 0 Å². The van der Waals surface area contributed by atoms with Crippen molar-refractivity contribution < 1.29 is 22.7 Å². The molecule has 0 saturated heterocycles. The second kappa shape index (κ2) is 5.13. The van der Waals surface area contributed by atoms with E-state index in [9.17, 15) is 17.6 Å². The monoisotopic (exact) mass is 317 g/mol. The maximum absolute atomic E-state index is 13.1. The Bertz CT molecular complexity index is 746. The zero-order chi connectivity index (χ0) is 14.9. The number of anilines is 1. The molecule has 0 unspecified atom stereocenters. The lowest BCUT2D eigenvalue weighted by atomic mass is 10.3. The molecule has 0 saturated carbocycles. The zero-order valence-electron chi connectivity index (χ0n) is 10.0. The van der Waals surface area contributed by atoms with E-state index < -0.39 is 27.0 Å². The van der Waals surface area contributed by atoms with Crippen LogP contribution >= 0.6 is 11.3 Å². The van der Waals surface area contributed by atoms with E-state index in [-0.39, 0.29) is 15.7 Å². The van der Waals surface area contributed by atoms with Gasteiger partial charge in [0.25, 0.3) is 10.0 Å². The number of thiazole rings is 1. The lowest BCUT2D eigenvalue weighted by molar-refractivity contribution is 0.206. The van der Waals surface area contributed by atoms with Crippen LogP contribution < -0.4 is 4.31 Å². The number of amides is 1. The van der Waals surface area contributed by atoms with Crippen LogP contribution in [0.4, 0.5) is 15.0 Å². The van der Waals surface area contributed by atoms with Gasteiger partial charge < -0.3 is 5.11 Å². The quantitative estimate of drug-likeness (QED) is 0.927. The summed E-state index contributed by atoms with van der Waals surface area (Å²) in [5.41, 5.74) is 1.34. The zero-order valence-corrected chi connectivity index (χ0v) is 11.7. The average Bonchev–Trinajstić information content (AvgIpc) is 2.85. The van der Waals surface area contributed by atoms with Crippen molar-refractivity contribution in [2.75, 3.05) is 4.31 Å². The Morgan fingerprint density at radius 2 is 2.15 bits per heavy atom. The highest BCUT2D eigenvalue weighted by atomic mass is 32.2. The third-order valence-electron chi connectivity index (χ3n) is 2.33. The van der Waals surface area contributed by atoms with Crippen LogP contribution in [0.25, 0.3) is 0 Å². The summed E-state index contributed by atoms with van der Waals surface area (Å²) in [7, 11) is -4.46. The predicted octanol–water partition coefficient (Wildman–Crippen LogP) is 1.86. The van der Waals surface area contributed by atoms with Gasteiger partial charge in [0.1, 0.15) is 5.82 Å². The highest BCUT2D eigenvalue weighted by molar-refractivity contribution is 7.93. The molecular weight excluding hydrogens is 309 g/mol. The number of carboxylic acid groups (broad SMARTS) is 1. The van der Waals surface area contributed by atoms with E-state index in [2.05, 4.69) is 9.97 Å². The SMILES string of the molecule is Cc1cc(S(=O)(=O)N(C(=O)O)c2cscn2)ncc1F. The van der Waals surface area contributed by atoms with Crippen molar-refractivity contribution in [1.29, 1.82) is 0 Å². The maximum atomic E-state index is 13.1. The van der Waals surface area contributed by atoms with Crippen molar-refractivity contribution in [3.05, 3.63) is 34.5 Å². The van der Waals surface area contributed by atoms with Crippen molar-refractivity contribution in [3.63, 3.8) is 0 Å². The van der Waals surface area contributed by atoms with Crippen LogP contribution in [0.5, 0.6) is 0 Å². The van der Waals surface area contributed by atoms with Crippen molar-refractivity contribution in [1.82, 2.24) is 9.97 Å². The number of aromatic nitrogens is 2. The minimum Gasteiger partial charge on any atom is -0.464 e. The molecule has 0 aromatic carbocycles. The number of nitrogens with zero attached hydrogens (tertiary/aromatic N) is 3. The Morgan fingerprint density at radius 3 is 2.65 bits per heavy atom. The molecule has 0 aliphatic rings. The topological polar surface area (TPSA) is 100 Å². The molecule has 0 aliphatic carbocycles. The minimum absolute atomic E-state index is 0.0437. The first-order valence-electron chi connectivity index (χ1n) is 5.12. The van der Waals surface area contributed by atoms with Crippen molar-refractivity contribution in [2.24, 2.45) is 0 Å². The van der Waals surface area contributed by atoms with Gasteiger partial charge in [0.05, 0.1) is 11.7 Å². The van der Waals surface area contributed by atoms with Crippen LogP contribution in [0, 0.1) is 12.7 Å². The fourth-order valence-electron chi connectivity index (χ4n) is 1.38. The van der Waals surface area contributed by atoms with Crippen molar-refractivity contribution >= 4 is 33.3 Å². The average molecular weight is 317 g/mol. The molecule has 1 amide bonds. The van der Waals surface area contributed by atoms with Crippen LogP contribution in [-0.2, 0) is 10.0 Å². The molecule has 0 aliphatic heterocycles. The van der Waals surface area contributed by atoms with Gasteiger partial charge in [0, 0.05) is 5.38 Å². The lowest BCUT2D eigenvalue weighted by Crippen LogP contribution is -2.36. The van der Waals surface area contributed by atoms with Gasteiger partial charge in [-0.25, -0.2) is 19.2 Å². The number of rotatable bonds is 3. The molecule has 10 heteroatoms.